The number of urea groups is 1. The van der Waals surface area contributed by atoms with Crippen molar-refractivity contribution in [3.8, 4) is 0 Å². The molecule has 0 radical (unpaired) electrons. The molecule has 0 aromatic rings. The fourth-order valence-electron chi connectivity index (χ4n) is 3.25. The van der Waals surface area contributed by atoms with Crippen molar-refractivity contribution in [3.63, 3.8) is 0 Å². The van der Waals surface area contributed by atoms with Crippen LogP contribution in [0.25, 0.3) is 0 Å². The van der Waals surface area contributed by atoms with Gasteiger partial charge in [-0.2, -0.15) is 0 Å². The van der Waals surface area contributed by atoms with Crippen LogP contribution in [-0.2, 0) is 0 Å². The van der Waals surface area contributed by atoms with Gasteiger partial charge in [0, 0.05) is 20.6 Å². The van der Waals surface area contributed by atoms with E-state index in [1.807, 2.05) is 0 Å². The van der Waals surface area contributed by atoms with Crippen molar-refractivity contribution >= 4 is 6.03 Å². The maximum atomic E-state index is 11.3. The first-order chi connectivity index (χ1) is 7.16. The lowest BCUT2D eigenvalue weighted by Crippen LogP contribution is -2.35. The molecule has 3 heteroatoms. The van der Waals surface area contributed by atoms with E-state index in [1.54, 1.807) is 19.0 Å². The Bertz CT molecular complexity index is 240. The molecule has 1 N–H and O–H groups in total. The maximum absolute atomic E-state index is 11.3. The van der Waals surface area contributed by atoms with E-state index < -0.39 is 0 Å². The zero-order valence-corrected chi connectivity index (χ0v) is 9.83. The smallest absolute Gasteiger partial charge is 0.316 e. The first-order valence-electron chi connectivity index (χ1n) is 6.12. The molecule has 2 aliphatic carbocycles. The van der Waals surface area contributed by atoms with Crippen molar-refractivity contribution in [1.29, 1.82) is 0 Å². The molecule has 3 nitrogen and oxygen atoms in total. The van der Waals surface area contributed by atoms with Crippen LogP contribution in [0.3, 0.4) is 0 Å². The second-order valence-corrected chi connectivity index (χ2v) is 5.35. The molecule has 0 aliphatic heterocycles. The molecule has 0 heterocycles. The first kappa shape index (κ1) is 10.8. The summed E-state index contributed by atoms with van der Waals surface area (Å²) in [7, 11) is 3.57. The molecule has 15 heavy (non-hydrogen) atoms. The molecule has 0 aromatic heterocycles. The van der Waals surface area contributed by atoms with Gasteiger partial charge in [0.2, 0.25) is 0 Å². The average molecular weight is 210 g/mol. The highest BCUT2D eigenvalue weighted by molar-refractivity contribution is 5.73. The standard InChI is InChI=1S/C12H22N2O/c1-14(2)12(15)13-6-5-11-8-9-3-4-10(11)7-9/h9-11H,3-8H2,1-2H3,(H,13,15). The predicted octanol–water partition coefficient (Wildman–Crippen LogP) is 2.08. The van der Waals surface area contributed by atoms with Crippen molar-refractivity contribution in [3.05, 3.63) is 0 Å². The monoisotopic (exact) mass is 210 g/mol. The van der Waals surface area contributed by atoms with E-state index in [9.17, 15) is 4.79 Å². The van der Waals surface area contributed by atoms with Gasteiger partial charge >= 0.3 is 6.03 Å². The molecule has 2 bridgehead atoms. The third-order valence-corrected chi connectivity index (χ3v) is 4.08. The molecule has 2 fully saturated rings. The highest BCUT2D eigenvalue weighted by atomic mass is 16.2. The van der Waals surface area contributed by atoms with Crippen molar-refractivity contribution in [2.45, 2.75) is 32.1 Å². The van der Waals surface area contributed by atoms with Crippen molar-refractivity contribution < 1.29 is 4.79 Å². The minimum Gasteiger partial charge on any atom is -0.338 e. The Kier molecular flexibility index (Phi) is 3.17. The Morgan fingerprint density at radius 2 is 2.13 bits per heavy atom. The third-order valence-electron chi connectivity index (χ3n) is 4.08. The van der Waals surface area contributed by atoms with Crippen LogP contribution in [0.1, 0.15) is 32.1 Å². The van der Waals surface area contributed by atoms with Gasteiger partial charge in [0.05, 0.1) is 0 Å². The average Bonchev–Trinajstić information content (AvgIpc) is 2.78. The quantitative estimate of drug-likeness (QED) is 0.760. The minimum absolute atomic E-state index is 0.0400. The summed E-state index contributed by atoms with van der Waals surface area (Å²) >= 11 is 0. The molecule has 0 aromatic carbocycles. The van der Waals surface area contributed by atoms with Crippen LogP contribution in [-0.4, -0.2) is 31.6 Å². The topological polar surface area (TPSA) is 32.3 Å². The van der Waals surface area contributed by atoms with E-state index in [0.29, 0.717) is 0 Å². The van der Waals surface area contributed by atoms with Crippen LogP contribution in [0.4, 0.5) is 4.79 Å². The lowest BCUT2D eigenvalue weighted by molar-refractivity contribution is 0.215. The number of hydrogen-bond donors (Lipinski definition) is 1. The van der Waals surface area contributed by atoms with Gasteiger partial charge in [-0.25, -0.2) is 4.79 Å². The molecule has 86 valence electrons. The molecule has 0 spiro atoms. The predicted molar refractivity (Wildman–Crippen MR) is 60.6 cm³/mol. The van der Waals surface area contributed by atoms with Gasteiger partial charge in [0.25, 0.3) is 0 Å². The second kappa shape index (κ2) is 4.42. The summed E-state index contributed by atoms with van der Waals surface area (Å²) in [5.41, 5.74) is 0. The highest BCUT2D eigenvalue weighted by Gasteiger charge is 2.38. The van der Waals surface area contributed by atoms with E-state index in [4.69, 9.17) is 0 Å². The first-order valence-corrected chi connectivity index (χ1v) is 6.12. The fraction of sp³-hybridized carbons (Fsp3) is 0.917. The summed E-state index contributed by atoms with van der Waals surface area (Å²) in [6, 6.07) is 0.0400. The van der Waals surface area contributed by atoms with E-state index in [-0.39, 0.29) is 6.03 Å². The van der Waals surface area contributed by atoms with Gasteiger partial charge in [-0.3, -0.25) is 0 Å². The number of rotatable bonds is 3. The van der Waals surface area contributed by atoms with E-state index in [2.05, 4.69) is 5.32 Å². The molecule has 2 rings (SSSR count). The van der Waals surface area contributed by atoms with Crippen LogP contribution in [0.2, 0.25) is 0 Å². The van der Waals surface area contributed by atoms with Gasteiger partial charge in [-0.05, 0) is 43.4 Å². The van der Waals surface area contributed by atoms with Crippen molar-refractivity contribution in [2.75, 3.05) is 20.6 Å². The number of fused-ring (bicyclic) bond motifs is 2. The van der Waals surface area contributed by atoms with Gasteiger partial charge < -0.3 is 10.2 Å². The number of hydrogen-bond acceptors (Lipinski definition) is 1. The summed E-state index contributed by atoms with van der Waals surface area (Å²) in [6.07, 6.45) is 6.97. The number of carbonyl (C=O) groups excluding carboxylic acids is 1. The van der Waals surface area contributed by atoms with Crippen LogP contribution in [0, 0.1) is 17.8 Å². The summed E-state index contributed by atoms with van der Waals surface area (Å²) < 4.78 is 0. The lowest BCUT2D eigenvalue weighted by atomic mass is 9.86. The zero-order chi connectivity index (χ0) is 10.8. The number of amides is 2. The Labute approximate surface area is 92.2 Å². The van der Waals surface area contributed by atoms with Crippen molar-refractivity contribution in [2.24, 2.45) is 17.8 Å². The van der Waals surface area contributed by atoms with Gasteiger partial charge in [0.1, 0.15) is 0 Å². The lowest BCUT2D eigenvalue weighted by Gasteiger charge is -2.22. The minimum atomic E-state index is 0.0400. The Balaban J connectivity index is 1.65. The highest BCUT2D eigenvalue weighted by Crippen LogP contribution is 2.49. The van der Waals surface area contributed by atoms with E-state index in [0.717, 1.165) is 24.3 Å². The molecular weight excluding hydrogens is 188 g/mol. The van der Waals surface area contributed by atoms with Crippen LogP contribution in [0.15, 0.2) is 0 Å². The fourth-order valence-corrected chi connectivity index (χ4v) is 3.25. The largest absolute Gasteiger partial charge is 0.338 e. The van der Waals surface area contributed by atoms with E-state index in [1.165, 1.54) is 32.1 Å². The number of nitrogens with one attached hydrogen (secondary N) is 1. The molecule has 3 unspecified atom stereocenters. The zero-order valence-electron chi connectivity index (χ0n) is 9.83. The van der Waals surface area contributed by atoms with Crippen LogP contribution in [0.5, 0.6) is 0 Å². The summed E-state index contributed by atoms with van der Waals surface area (Å²) in [4.78, 5) is 12.9. The summed E-state index contributed by atoms with van der Waals surface area (Å²) in [6.45, 7) is 0.852. The molecule has 0 saturated heterocycles. The summed E-state index contributed by atoms with van der Waals surface area (Å²) in [5.74, 6) is 2.89. The molecular formula is C12H22N2O. The molecule has 2 amide bonds. The summed E-state index contributed by atoms with van der Waals surface area (Å²) in [5, 5.41) is 2.96. The van der Waals surface area contributed by atoms with E-state index >= 15 is 0 Å². The Hall–Kier alpha value is -0.730. The Morgan fingerprint density at radius 3 is 2.67 bits per heavy atom. The van der Waals surface area contributed by atoms with Crippen LogP contribution >= 0.6 is 0 Å². The molecule has 2 saturated carbocycles. The number of nitrogens with zero attached hydrogens (tertiary/aromatic N) is 1. The Morgan fingerprint density at radius 1 is 1.33 bits per heavy atom. The van der Waals surface area contributed by atoms with Crippen LogP contribution < -0.4 is 5.32 Å². The maximum Gasteiger partial charge on any atom is 0.316 e. The normalized spacial score (nSPS) is 33.1. The van der Waals surface area contributed by atoms with Gasteiger partial charge in [-0.1, -0.05) is 6.42 Å². The third kappa shape index (κ3) is 2.44. The van der Waals surface area contributed by atoms with Gasteiger partial charge in [0.15, 0.2) is 0 Å². The van der Waals surface area contributed by atoms with Gasteiger partial charge in [-0.15, -0.1) is 0 Å². The molecule has 2 aliphatic rings. The molecule has 3 atom stereocenters. The van der Waals surface area contributed by atoms with Crippen molar-refractivity contribution in [1.82, 2.24) is 10.2 Å². The second-order valence-electron chi connectivity index (χ2n) is 5.35. The SMILES string of the molecule is CN(C)C(=O)NCCC1CC2CCC1C2. The number of carbonyl (C=O) groups is 1.